The van der Waals surface area contributed by atoms with Crippen molar-refractivity contribution < 1.29 is 4.79 Å². The number of benzene rings is 2. The largest absolute Gasteiger partial charge is 0.326 e. The minimum absolute atomic E-state index is 0.0329. The number of fused-ring (bicyclic) bond motifs is 1. The second-order valence-corrected chi connectivity index (χ2v) is 6.90. The molecule has 0 fully saturated rings. The van der Waals surface area contributed by atoms with E-state index in [1.807, 2.05) is 30.3 Å². The van der Waals surface area contributed by atoms with Crippen LogP contribution in [-0.2, 0) is 4.79 Å². The number of para-hydroxylation sites is 1. The van der Waals surface area contributed by atoms with Gasteiger partial charge in [0.05, 0.1) is 15.2 Å². The molecule has 0 bridgehead atoms. The molecule has 22 heavy (non-hydrogen) atoms. The fourth-order valence-corrected chi connectivity index (χ4v) is 3.68. The molecule has 0 aliphatic carbocycles. The Morgan fingerprint density at radius 3 is 2.86 bits per heavy atom. The van der Waals surface area contributed by atoms with Crippen molar-refractivity contribution in [3.8, 4) is 10.6 Å². The van der Waals surface area contributed by atoms with E-state index in [2.05, 4.69) is 26.2 Å². The molecule has 112 valence electrons. The Hall–Kier alpha value is -1.43. The van der Waals surface area contributed by atoms with Crippen LogP contribution < -0.4 is 5.32 Å². The first-order valence-electron chi connectivity index (χ1n) is 6.68. The van der Waals surface area contributed by atoms with Crippen LogP contribution in [0.15, 0.2) is 42.5 Å². The number of anilines is 1. The summed E-state index contributed by atoms with van der Waals surface area (Å²) >= 11 is 11.1. The first-order chi connectivity index (χ1) is 10.7. The molecule has 3 rings (SSSR count). The first-order valence-corrected chi connectivity index (χ1v) is 9.00. The second kappa shape index (κ2) is 6.77. The Kier molecular flexibility index (Phi) is 4.76. The van der Waals surface area contributed by atoms with Gasteiger partial charge in [-0.1, -0.05) is 39.7 Å². The van der Waals surface area contributed by atoms with Crippen LogP contribution in [0.25, 0.3) is 20.8 Å². The number of rotatable bonds is 4. The summed E-state index contributed by atoms with van der Waals surface area (Å²) in [5.74, 6) is -0.0329. The molecule has 0 saturated carbocycles. The zero-order chi connectivity index (χ0) is 15.5. The van der Waals surface area contributed by atoms with Crippen LogP contribution in [0.5, 0.6) is 0 Å². The molecule has 0 saturated heterocycles. The molecule has 1 amide bonds. The highest BCUT2D eigenvalue weighted by atomic mass is 79.9. The van der Waals surface area contributed by atoms with E-state index in [-0.39, 0.29) is 5.91 Å². The number of nitrogens with one attached hydrogen (secondary N) is 1. The van der Waals surface area contributed by atoms with Gasteiger partial charge in [0.15, 0.2) is 0 Å². The van der Waals surface area contributed by atoms with Crippen molar-refractivity contribution >= 4 is 60.7 Å². The van der Waals surface area contributed by atoms with Gasteiger partial charge in [0.2, 0.25) is 5.91 Å². The second-order valence-electron chi connectivity index (χ2n) is 4.67. The van der Waals surface area contributed by atoms with Crippen molar-refractivity contribution in [3.05, 3.63) is 47.5 Å². The maximum Gasteiger partial charge on any atom is 0.225 e. The van der Waals surface area contributed by atoms with E-state index in [4.69, 9.17) is 11.6 Å². The molecule has 0 atom stereocenters. The summed E-state index contributed by atoms with van der Waals surface area (Å²) in [5, 5.41) is 4.97. The lowest BCUT2D eigenvalue weighted by atomic mass is 10.2. The average molecular weight is 396 g/mol. The van der Waals surface area contributed by atoms with E-state index in [1.54, 1.807) is 23.5 Å². The Balaban J connectivity index is 1.97. The van der Waals surface area contributed by atoms with E-state index in [1.165, 1.54) is 0 Å². The Morgan fingerprint density at radius 1 is 1.27 bits per heavy atom. The molecule has 3 nitrogen and oxygen atoms in total. The van der Waals surface area contributed by atoms with Gasteiger partial charge in [0, 0.05) is 23.0 Å². The highest BCUT2D eigenvalue weighted by molar-refractivity contribution is 9.09. The highest BCUT2D eigenvalue weighted by Crippen LogP contribution is 2.35. The minimum atomic E-state index is -0.0329. The van der Waals surface area contributed by atoms with Crippen molar-refractivity contribution in [2.75, 3.05) is 10.6 Å². The van der Waals surface area contributed by atoms with E-state index < -0.39 is 0 Å². The van der Waals surface area contributed by atoms with Crippen LogP contribution >= 0.6 is 38.9 Å². The minimum Gasteiger partial charge on any atom is -0.326 e. The maximum atomic E-state index is 11.7. The highest BCUT2D eigenvalue weighted by Gasteiger charge is 2.11. The number of carbonyl (C=O) groups excluding carboxylic acids is 1. The molecular weight excluding hydrogens is 384 g/mol. The molecule has 2 aromatic carbocycles. The molecule has 0 radical (unpaired) electrons. The normalized spacial score (nSPS) is 10.8. The van der Waals surface area contributed by atoms with Crippen molar-refractivity contribution in [2.45, 2.75) is 6.42 Å². The molecular formula is C16H12BrClN2OS. The number of alkyl halides is 1. The summed E-state index contributed by atoms with van der Waals surface area (Å²) in [6.45, 7) is 0. The molecule has 6 heteroatoms. The summed E-state index contributed by atoms with van der Waals surface area (Å²) in [4.78, 5) is 16.3. The zero-order valence-corrected chi connectivity index (χ0v) is 14.6. The lowest BCUT2D eigenvalue weighted by Crippen LogP contribution is -2.11. The van der Waals surface area contributed by atoms with Crippen LogP contribution in [0.4, 0.5) is 5.69 Å². The van der Waals surface area contributed by atoms with Gasteiger partial charge >= 0.3 is 0 Å². The molecule has 0 aliphatic heterocycles. The van der Waals surface area contributed by atoms with Crippen molar-refractivity contribution in [2.24, 2.45) is 0 Å². The molecule has 0 aliphatic rings. The molecule has 0 unspecified atom stereocenters. The van der Waals surface area contributed by atoms with Gasteiger partial charge < -0.3 is 5.32 Å². The van der Waals surface area contributed by atoms with Crippen molar-refractivity contribution in [3.63, 3.8) is 0 Å². The van der Waals surface area contributed by atoms with Crippen LogP contribution in [0.1, 0.15) is 6.42 Å². The predicted molar refractivity (Wildman–Crippen MR) is 97.1 cm³/mol. The number of carbonyl (C=O) groups is 1. The molecule has 3 aromatic rings. The Morgan fingerprint density at radius 2 is 2.09 bits per heavy atom. The van der Waals surface area contributed by atoms with Gasteiger partial charge in [-0.25, -0.2) is 4.98 Å². The predicted octanol–water partition coefficient (Wildman–Crippen LogP) is 5.34. The van der Waals surface area contributed by atoms with E-state index >= 15 is 0 Å². The van der Waals surface area contributed by atoms with Gasteiger partial charge in [-0.05, 0) is 30.3 Å². The van der Waals surface area contributed by atoms with E-state index in [0.717, 1.165) is 26.5 Å². The number of amides is 1. The number of halogens is 2. The summed E-state index contributed by atoms with van der Waals surface area (Å²) in [6.07, 6.45) is 0.430. The number of nitrogens with zero attached hydrogens (tertiary/aromatic N) is 1. The standard InChI is InChI=1S/C16H12BrClN2OS/c17-8-7-15(21)19-10-5-6-12(18)11(9-10)16-20-13-3-1-2-4-14(13)22-16/h1-6,9H,7-8H2,(H,19,21). The topological polar surface area (TPSA) is 42.0 Å². The fourth-order valence-electron chi connectivity index (χ4n) is 2.06. The Bertz CT molecular complexity index is 801. The lowest BCUT2D eigenvalue weighted by Gasteiger charge is -2.07. The third-order valence-electron chi connectivity index (χ3n) is 3.10. The zero-order valence-electron chi connectivity index (χ0n) is 11.5. The molecule has 1 aromatic heterocycles. The van der Waals surface area contributed by atoms with Gasteiger partial charge in [0.1, 0.15) is 5.01 Å². The monoisotopic (exact) mass is 394 g/mol. The quantitative estimate of drug-likeness (QED) is 0.606. The Labute approximate surface area is 145 Å². The van der Waals surface area contributed by atoms with Crippen LogP contribution in [0.2, 0.25) is 5.02 Å². The third kappa shape index (κ3) is 3.32. The van der Waals surface area contributed by atoms with Crippen LogP contribution in [0, 0.1) is 0 Å². The summed E-state index contributed by atoms with van der Waals surface area (Å²) in [5.41, 5.74) is 2.51. The van der Waals surface area contributed by atoms with Crippen LogP contribution in [0.3, 0.4) is 0 Å². The molecule has 0 spiro atoms. The smallest absolute Gasteiger partial charge is 0.225 e. The number of hydrogen-bond acceptors (Lipinski definition) is 3. The fraction of sp³-hybridized carbons (Fsp3) is 0.125. The molecule has 1 heterocycles. The maximum absolute atomic E-state index is 11.7. The number of aromatic nitrogens is 1. The van der Waals surface area contributed by atoms with Crippen LogP contribution in [-0.4, -0.2) is 16.2 Å². The van der Waals surface area contributed by atoms with Gasteiger partial charge in [0.25, 0.3) is 0 Å². The lowest BCUT2D eigenvalue weighted by molar-refractivity contribution is -0.115. The SMILES string of the molecule is O=C(CCBr)Nc1ccc(Cl)c(-c2nc3ccccc3s2)c1. The average Bonchev–Trinajstić information content (AvgIpc) is 2.93. The van der Waals surface area contributed by atoms with Crippen molar-refractivity contribution in [1.82, 2.24) is 4.98 Å². The van der Waals surface area contributed by atoms with E-state index in [0.29, 0.717) is 16.8 Å². The van der Waals surface area contributed by atoms with Gasteiger partial charge in [-0.3, -0.25) is 4.79 Å². The first kappa shape index (κ1) is 15.5. The summed E-state index contributed by atoms with van der Waals surface area (Å²) in [6, 6.07) is 13.4. The van der Waals surface area contributed by atoms with E-state index in [9.17, 15) is 4.79 Å². The van der Waals surface area contributed by atoms with Gasteiger partial charge in [-0.15, -0.1) is 11.3 Å². The van der Waals surface area contributed by atoms with Crippen molar-refractivity contribution in [1.29, 1.82) is 0 Å². The third-order valence-corrected chi connectivity index (χ3v) is 4.89. The molecule has 1 N–H and O–H groups in total. The number of thiazole rings is 1. The van der Waals surface area contributed by atoms with Gasteiger partial charge in [-0.2, -0.15) is 0 Å². The number of hydrogen-bond donors (Lipinski definition) is 1. The summed E-state index contributed by atoms with van der Waals surface area (Å²) in [7, 11) is 0. The summed E-state index contributed by atoms with van der Waals surface area (Å²) < 4.78 is 1.11.